The summed E-state index contributed by atoms with van der Waals surface area (Å²) in [7, 11) is 0. The Hall–Kier alpha value is -1.33. The number of nitrogen functional groups attached to an aromatic ring is 1. The maximum atomic E-state index is 9.85. The highest BCUT2D eigenvalue weighted by molar-refractivity contribution is 5.42. The number of aliphatic hydroxyl groups excluding tert-OH is 1. The number of aromatic nitrogens is 1. The van der Waals surface area contributed by atoms with Gasteiger partial charge in [-0.25, -0.2) is 4.98 Å². The van der Waals surface area contributed by atoms with Crippen LogP contribution in [0.15, 0.2) is 18.2 Å². The van der Waals surface area contributed by atoms with Gasteiger partial charge >= 0.3 is 0 Å². The number of hydrogen-bond donors (Lipinski definition) is 3. The first-order valence-corrected chi connectivity index (χ1v) is 6.02. The molecular weight excluding hydrogens is 216 g/mol. The van der Waals surface area contributed by atoms with Gasteiger partial charge < -0.3 is 21.1 Å². The van der Waals surface area contributed by atoms with Crippen molar-refractivity contribution in [3.05, 3.63) is 18.2 Å². The van der Waals surface area contributed by atoms with Crippen LogP contribution >= 0.6 is 0 Å². The van der Waals surface area contributed by atoms with Crippen molar-refractivity contribution in [3.8, 4) is 0 Å². The zero-order chi connectivity index (χ0) is 12.7. The molecule has 5 heteroatoms. The Balaban J connectivity index is 2.35. The lowest BCUT2D eigenvalue weighted by atomic mass is 10.3. The summed E-state index contributed by atoms with van der Waals surface area (Å²) in [4.78, 5) is 6.29. The minimum Gasteiger partial charge on any atom is -0.390 e. The Kier molecular flexibility index (Phi) is 5.72. The monoisotopic (exact) mass is 238 g/mol. The molecule has 0 aliphatic heterocycles. The lowest BCUT2D eigenvalue weighted by Crippen LogP contribution is -2.36. The maximum Gasteiger partial charge on any atom is 0.128 e. The summed E-state index contributed by atoms with van der Waals surface area (Å²) in [6.07, 6.45) is -0.405. The first-order chi connectivity index (χ1) is 8.15. The molecule has 1 rings (SSSR count). The number of likely N-dealkylation sites (N-methyl/N-ethyl adjacent to an activating group) is 1. The van der Waals surface area contributed by atoms with Crippen LogP contribution in [0.5, 0.6) is 0 Å². The third-order valence-corrected chi connectivity index (χ3v) is 2.65. The molecule has 0 aromatic carbocycles. The summed E-state index contributed by atoms with van der Waals surface area (Å²) >= 11 is 0. The van der Waals surface area contributed by atoms with Crippen molar-refractivity contribution in [2.24, 2.45) is 0 Å². The number of rotatable bonds is 7. The summed E-state index contributed by atoms with van der Waals surface area (Å²) in [5.41, 5.74) is 5.57. The van der Waals surface area contributed by atoms with E-state index in [-0.39, 0.29) is 0 Å². The topological polar surface area (TPSA) is 74.4 Å². The molecule has 17 heavy (non-hydrogen) atoms. The van der Waals surface area contributed by atoms with Crippen LogP contribution in [0, 0.1) is 0 Å². The van der Waals surface area contributed by atoms with E-state index < -0.39 is 6.10 Å². The van der Waals surface area contributed by atoms with Crippen molar-refractivity contribution in [1.82, 2.24) is 9.88 Å². The van der Waals surface area contributed by atoms with Crippen LogP contribution in [0.25, 0.3) is 0 Å². The summed E-state index contributed by atoms with van der Waals surface area (Å²) in [6.45, 7) is 7.22. The molecule has 1 unspecified atom stereocenters. The second kappa shape index (κ2) is 7.09. The summed E-state index contributed by atoms with van der Waals surface area (Å²) < 4.78 is 0. The van der Waals surface area contributed by atoms with Gasteiger partial charge in [-0.1, -0.05) is 19.9 Å². The zero-order valence-corrected chi connectivity index (χ0v) is 10.6. The molecule has 1 aromatic rings. The smallest absolute Gasteiger partial charge is 0.128 e. The van der Waals surface area contributed by atoms with Crippen molar-refractivity contribution in [2.75, 3.05) is 37.2 Å². The van der Waals surface area contributed by atoms with Crippen LogP contribution < -0.4 is 11.1 Å². The molecule has 96 valence electrons. The molecule has 5 nitrogen and oxygen atoms in total. The Labute approximate surface area is 103 Å². The zero-order valence-electron chi connectivity index (χ0n) is 10.6. The van der Waals surface area contributed by atoms with Crippen molar-refractivity contribution < 1.29 is 5.11 Å². The van der Waals surface area contributed by atoms with Crippen molar-refractivity contribution in [3.63, 3.8) is 0 Å². The Morgan fingerprint density at radius 1 is 1.41 bits per heavy atom. The minimum atomic E-state index is -0.405. The SMILES string of the molecule is CCN(CC)CC(O)CNc1cccc(N)n1. The predicted molar refractivity (Wildman–Crippen MR) is 70.9 cm³/mol. The molecule has 1 heterocycles. The molecule has 0 aliphatic carbocycles. The number of aliphatic hydroxyl groups is 1. The van der Waals surface area contributed by atoms with Gasteiger partial charge in [-0.3, -0.25) is 0 Å². The van der Waals surface area contributed by atoms with Gasteiger partial charge in [0.1, 0.15) is 11.6 Å². The first kappa shape index (κ1) is 13.7. The molecule has 0 saturated heterocycles. The third kappa shape index (κ3) is 5.01. The van der Waals surface area contributed by atoms with Crippen LogP contribution in [0.1, 0.15) is 13.8 Å². The molecule has 1 aromatic heterocycles. The lowest BCUT2D eigenvalue weighted by Gasteiger charge is -2.22. The van der Waals surface area contributed by atoms with Gasteiger partial charge in [-0.05, 0) is 25.2 Å². The molecule has 0 saturated carbocycles. The van der Waals surface area contributed by atoms with Crippen LogP contribution in [-0.2, 0) is 0 Å². The van der Waals surface area contributed by atoms with E-state index in [0.29, 0.717) is 24.7 Å². The highest BCUT2D eigenvalue weighted by Gasteiger charge is 2.08. The highest BCUT2D eigenvalue weighted by Crippen LogP contribution is 2.05. The fraction of sp³-hybridized carbons (Fsp3) is 0.583. The number of nitrogens with one attached hydrogen (secondary N) is 1. The number of hydrogen-bond acceptors (Lipinski definition) is 5. The largest absolute Gasteiger partial charge is 0.390 e. The minimum absolute atomic E-state index is 0.405. The van der Waals surface area contributed by atoms with Crippen molar-refractivity contribution in [1.29, 1.82) is 0 Å². The Morgan fingerprint density at radius 3 is 2.71 bits per heavy atom. The van der Waals surface area contributed by atoms with Crippen molar-refractivity contribution >= 4 is 11.6 Å². The average Bonchev–Trinajstić information content (AvgIpc) is 2.33. The molecule has 0 fully saturated rings. The van der Waals surface area contributed by atoms with Crippen LogP contribution in [0.2, 0.25) is 0 Å². The maximum absolute atomic E-state index is 9.85. The van der Waals surface area contributed by atoms with E-state index in [9.17, 15) is 5.11 Å². The molecule has 0 spiro atoms. The van der Waals surface area contributed by atoms with E-state index in [2.05, 4.69) is 29.0 Å². The third-order valence-electron chi connectivity index (χ3n) is 2.65. The van der Waals surface area contributed by atoms with E-state index in [1.807, 2.05) is 12.1 Å². The molecule has 0 amide bonds. The highest BCUT2D eigenvalue weighted by atomic mass is 16.3. The van der Waals surface area contributed by atoms with Crippen LogP contribution in [0.3, 0.4) is 0 Å². The van der Waals surface area contributed by atoms with Gasteiger partial charge in [0.15, 0.2) is 0 Å². The quantitative estimate of drug-likeness (QED) is 0.654. The van der Waals surface area contributed by atoms with E-state index in [4.69, 9.17) is 5.73 Å². The van der Waals surface area contributed by atoms with Gasteiger partial charge in [-0.15, -0.1) is 0 Å². The van der Waals surface area contributed by atoms with E-state index >= 15 is 0 Å². The van der Waals surface area contributed by atoms with Gasteiger partial charge in [0.25, 0.3) is 0 Å². The van der Waals surface area contributed by atoms with Gasteiger partial charge in [0.2, 0.25) is 0 Å². The molecule has 0 aliphatic rings. The normalized spacial score (nSPS) is 12.7. The van der Waals surface area contributed by atoms with E-state index in [1.165, 1.54) is 0 Å². The fourth-order valence-corrected chi connectivity index (χ4v) is 1.62. The molecular formula is C12H22N4O. The van der Waals surface area contributed by atoms with E-state index in [1.54, 1.807) is 6.07 Å². The van der Waals surface area contributed by atoms with Gasteiger partial charge in [0, 0.05) is 13.1 Å². The number of pyridine rings is 1. The molecule has 0 bridgehead atoms. The van der Waals surface area contributed by atoms with E-state index in [0.717, 1.165) is 13.1 Å². The summed E-state index contributed by atoms with van der Waals surface area (Å²) in [6, 6.07) is 5.40. The number of anilines is 2. The standard InChI is InChI=1S/C12H22N4O/c1-3-16(4-2)9-10(17)8-14-12-7-5-6-11(13)15-12/h5-7,10,17H,3-4,8-9H2,1-2H3,(H3,13,14,15). The Morgan fingerprint density at radius 2 is 2.12 bits per heavy atom. The predicted octanol–water partition coefficient (Wildman–Crippen LogP) is 0.778. The summed E-state index contributed by atoms with van der Waals surface area (Å²) in [5.74, 6) is 1.18. The number of nitrogens with zero attached hydrogens (tertiary/aromatic N) is 2. The van der Waals surface area contributed by atoms with Crippen LogP contribution in [-0.4, -0.2) is 47.3 Å². The second-order valence-electron chi connectivity index (χ2n) is 3.97. The van der Waals surface area contributed by atoms with Crippen molar-refractivity contribution in [2.45, 2.75) is 20.0 Å². The van der Waals surface area contributed by atoms with Gasteiger partial charge in [0.05, 0.1) is 6.10 Å². The lowest BCUT2D eigenvalue weighted by molar-refractivity contribution is 0.128. The Bertz CT molecular complexity index is 328. The number of nitrogens with two attached hydrogens (primary N) is 1. The summed E-state index contributed by atoms with van der Waals surface area (Å²) in [5, 5.41) is 12.9. The average molecular weight is 238 g/mol. The van der Waals surface area contributed by atoms with Crippen LogP contribution in [0.4, 0.5) is 11.6 Å². The first-order valence-electron chi connectivity index (χ1n) is 6.02. The molecule has 0 radical (unpaired) electrons. The van der Waals surface area contributed by atoms with Gasteiger partial charge in [-0.2, -0.15) is 0 Å². The molecule has 4 N–H and O–H groups in total. The second-order valence-corrected chi connectivity index (χ2v) is 3.97. The molecule has 1 atom stereocenters. The fourth-order valence-electron chi connectivity index (χ4n) is 1.62.